The molecule has 0 bridgehead atoms. The molecule has 0 spiro atoms. The summed E-state index contributed by atoms with van der Waals surface area (Å²) in [6.07, 6.45) is 0.869. The van der Waals surface area contributed by atoms with Gasteiger partial charge in [-0.05, 0) is 12.1 Å². The van der Waals surface area contributed by atoms with Crippen LogP contribution in [0.5, 0.6) is 0 Å². The molecule has 3 rings (SSSR count). The minimum absolute atomic E-state index is 0.700. The molecule has 0 aliphatic carbocycles. The number of rotatable bonds is 1. The lowest BCUT2D eigenvalue weighted by Gasteiger charge is -1.93. The number of nitrogens with zero attached hydrogens (tertiary/aromatic N) is 3. The van der Waals surface area contributed by atoms with E-state index in [0.29, 0.717) is 5.65 Å². The number of H-pyrrole nitrogens is 1. The highest BCUT2D eigenvalue weighted by molar-refractivity contribution is 5.82. The topological polar surface area (TPSA) is 54.5 Å². The van der Waals surface area contributed by atoms with Crippen LogP contribution in [0.1, 0.15) is 12.7 Å². The Balaban J connectivity index is 2.39. The van der Waals surface area contributed by atoms with Crippen LogP contribution in [-0.4, -0.2) is 19.9 Å². The maximum Gasteiger partial charge on any atom is 0.198 e. The lowest BCUT2D eigenvalue weighted by Crippen LogP contribution is -1.85. The molecule has 2 aromatic heterocycles. The summed E-state index contributed by atoms with van der Waals surface area (Å²) in [5.74, 6) is 0.931. The van der Waals surface area contributed by atoms with E-state index >= 15 is 0 Å². The van der Waals surface area contributed by atoms with Gasteiger partial charge in [0.1, 0.15) is 5.82 Å². The van der Waals surface area contributed by atoms with E-state index in [9.17, 15) is 0 Å². The maximum absolute atomic E-state index is 4.47. The quantitative estimate of drug-likeness (QED) is 0.651. The maximum atomic E-state index is 4.47. The van der Waals surface area contributed by atoms with E-state index in [1.165, 1.54) is 0 Å². The van der Waals surface area contributed by atoms with Crippen LogP contribution >= 0.6 is 0 Å². The normalized spacial score (nSPS) is 11.3. The van der Waals surface area contributed by atoms with Crippen molar-refractivity contribution < 1.29 is 0 Å². The van der Waals surface area contributed by atoms with Gasteiger partial charge in [0, 0.05) is 6.42 Å². The minimum Gasteiger partial charge on any atom is -0.325 e. The lowest BCUT2D eigenvalue weighted by atomic mass is 10.3. The number of benzene rings is 1. The molecule has 3 aromatic rings. The first-order valence-electron chi connectivity index (χ1n) is 4.98. The molecule has 0 saturated carbocycles. The average molecular weight is 198 g/mol. The van der Waals surface area contributed by atoms with Gasteiger partial charge in [0.05, 0.1) is 11.0 Å². The SMILES string of the molecule is CCc1nc2nc3ccccc3nc2[nH]1. The molecule has 0 aliphatic rings. The molecule has 0 amide bonds. The van der Waals surface area contributed by atoms with Gasteiger partial charge in [0.25, 0.3) is 0 Å². The Hall–Kier alpha value is -1.97. The molecule has 0 fully saturated rings. The van der Waals surface area contributed by atoms with Gasteiger partial charge in [0.15, 0.2) is 11.3 Å². The monoisotopic (exact) mass is 198 g/mol. The molecule has 0 atom stereocenters. The molecule has 15 heavy (non-hydrogen) atoms. The summed E-state index contributed by atoms with van der Waals surface area (Å²) in [6, 6.07) is 7.81. The smallest absolute Gasteiger partial charge is 0.198 e. The zero-order chi connectivity index (χ0) is 10.3. The second kappa shape index (κ2) is 3.02. The van der Waals surface area contributed by atoms with Gasteiger partial charge in [-0.15, -0.1) is 0 Å². The van der Waals surface area contributed by atoms with Crippen molar-refractivity contribution in [1.29, 1.82) is 0 Å². The van der Waals surface area contributed by atoms with E-state index in [1.807, 2.05) is 24.3 Å². The average Bonchev–Trinajstić information content (AvgIpc) is 2.67. The highest BCUT2D eigenvalue weighted by atomic mass is 15.0. The Morgan fingerprint density at radius 1 is 1.07 bits per heavy atom. The zero-order valence-corrected chi connectivity index (χ0v) is 8.36. The number of para-hydroxylation sites is 2. The van der Waals surface area contributed by atoms with Crippen LogP contribution in [0, 0.1) is 0 Å². The summed E-state index contributed by atoms with van der Waals surface area (Å²) in [5.41, 5.74) is 3.26. The fourth-order valence-electron chi connectivity index (χ4n) is 1.61. The van der Waals surface area contributed by atoms with Crippen LogP contribution < -0.4 is 0 Å². The molecule has 0 saturated heterocycles. The first-order valence-corrected chi connectivity index (χ1v) is 4.98. The molecule has 4 heteroatoms. The molecule has 1 N–H and O–H groups in total. The molecule has 2 heterocycles. The van der Waals surface area contributed by atoms with Crippen LogP contribution in [0.15, 0.2) is 24.3 Å². The number of nitrogens with one attached hydrogen (secondary N) is 1. The van der Waals surface area contributed by atoms with E-state index in [-0.39, 0.29) is 0 Å². The minimum atomic E-state index is 0.700. The van der Waals surface area contributed by atoms with Crippen molar-refractivity contribution in [3.05, 3.63) is 30.1 Å². The molecule has 0 unspecified atom stereocenters. The molecule has 74 valence electrons. The molecular weight excluding hydrogens is 188 g/mol. The van der Waals surface area contributed by atoms with Crippen molar-refractivity contribution in [2.75, 3.05) is 0 Å². The summed E-state index contributed by atoms with van der Waals surface area (Å²) in [7, 11) is 0. The van der Waals surface area contributed by atoms with Crippen LogP contribution in [-0.2, 0) is 6.42 Å². The van der Waals surface area contributed by atoms with Crippen LogP contribution in [0.4, 0.5) is 0 Å². The third kappa shape index (κ3) is 1.26. The molecule has 0 radical (unpaired) electrons. The van der Waals surface area contributed by atoms with Gasteiger partial charge in [0.2, 0.25) is 0 Å². The number of fused-ring (bicyclic) bond motifs is 2. The standard InChI is InChI=1S/C11H10N4/c1-2-9-14-10-11(15-9)13-8-6-4-3-5-7(8)12-10/h3-6H,2H2,1H3,(H,12,13,14,15). The number of aryl methyl sites for hydroxylation is 1. The molecule has 4 nitrogen and oxygen atoms in total. The van der Waals surface area contributed by atoms with Crippen molar-refractivity contribution in [1.82, 2.24) is 19.9 Å². The van der Waals surface area contributed by atoms with Crippen molar-refractivity contribution in [2.24, 2.45) is 0 Å². The van der Waals surface area contributed by atoms with Crippen molar-refractivity contribution in [3.8, 4) is 0 Å². The van der Waals surface area contributed by atoms with Crippen molar-refractivity contribution in [2.45, 2.75) is 13.3 Å². The van der Waals surface area contributed by atoms with E-state index in [1.54, 1.807) is 0 Å². The number of aromatic nitrogens is 4. The fourth-order valence-corrected chi connectivity index (χ4v) is 1.61. The molecule has 0 aliphatic heterocycles. The second-order valence-corrected chi connectivity index (χ2v) is 3.42. The highest BCUT2D eigenvalue weighted by Crippen LogP contribution is 2.13. The second-order valence-electron chi connectivity index (χ2n) is 3.42. The Labute approximate surface area is 86.4 Å². The number of hydrogen-bond acceptors (Lipinski definition) is 3. The predicted octanol–water partition coefficient (Wildman–Crippen LogP) is 2.07. The number of imidazole rings is 1. The van der Waals surface area contributed by atoms with Gasteiger partial charge < -0.3 is 4.98 Å². The Kier molecular flexibility index (Phi) is 1.68. The van der Waals surface area contributed by atoms with Crippen LogP contribution in [0.2, 0.25) is 0 Å². The van der Waals surface area contributed by atoms with Crippen molar-refractivity contribution in [3.63, 3.8) is 0 Å². The summed E-state index contributed by atoms with van der Waals surface area (Å²) in [6.45, 7) is 2.05. The fraction of sp³-hybridized carbons (Fsp3) is 0.182. The summed E-state index contributed by atoms with van der Waals surface area (Å²) in [4.78, 5) is 16.4. The predicted molar refractivity (Wildman–Crippen MR) is 58.6 cm³/mol. The van der Waals surface area contributed by atoms with E-state index in [4.69, 9.17) is 0 Å². The summed E-state index contributed by atoms with van der Waals surface area (Å²) in [5, 5.41) is 0. The first kappa shape index (κ1) is 8.35. The highest BCUT2D eigenvalue weighted by Gasteiger charge is 2.05. The van der Waals surface area contributed by atoms with Crippen molar-refractivity contribution >= 4 is 22.3 Å². The summed E-state index contributed by atoms with van der Waals surface area (Å²) < 4.78 is 0. The van der Waals surface area contributed by atoms with Gasteiger partial charge in [-0.3, -0.25) is 0 Å². The van der Waals surface area contributed by atoms with E-state index in [0.717, 1.165) is 28.9 Å². The largest absolute Gasteiger partial charge is 0.325 e. The van der Waals surface area contributed by atoms with Crippen LogP contribution in [0.25, 0.3) is 22.3 Å². The van der Waals surface area contributed by atoms with Crippen LogP contribution in [0.3, 0.4) is 0 Å². The Bertz CT molecular complexity index is 574. The van der Waals surface area contributed by atoms with Gasteiger partial charge >= 0.3 is 0 Å². The van der Waals surface area contributed by atoms with E-state index < -0.39 is 0 Å². The summed E-state index contributed by atoms with van der Waals surface area (Å²) >= 11 is 0. The molecular formula is C11H10N4. The molecule has 1 aromatic carbocycles. The van der Waals surface area contributed by atoms with Gasteiger partial charge in [-0.1, -0.05) is 19.1 Å². The van der Waals surface area contributed by atoms with Gasteiger partial charge in [-0.2, -0.15) is 0 Å². The Morgan fingerprint density at radius 3 is 2.53 bits per heavy atom. The third-order valence-electron chi connectivity index (χ3n) is 2.39. The Morgan fingerprint density at radius 2 is 1.80 bits per heavy atom. The van der Waals surface area contributed by atoms with E-state index in [2.05, 4.69) is 26.9 Å². The first-order chi connectivity index (χ1) is 7.36. The zero-order valence-electron chi connectivity index (χ0n) is 8.36. The number of hydrogen-bond donors (Lipinski definition) is 1. The third-order valence-corrected chi connectivity index (χ3v) is 2.39. The number of aromatic amines is 1. The lowest BCUT2D eigenvalue weighted by molar-refractivity contribution is 0.996. The van der Waals surface area contributed by atoms with Gasteiger partial charge in [-0.25, -0.2) is 15.0 Å².